The molecule has 0 bridgehead atoms. The second-order valence-electron chi connectivity index (χ2n) is 6.36. The Kier molecular flexibility index (Phi) is 4.72. The van der Waals surface area contributed by atoms with E-state index >= 15 is 0 Å². The molecule has 1 aliphatic carbocycles. The molecule has 0 radical (unpaired) electrons. The van der Waals surface area contributed by atoms with Crippen LogP contribution in [0.3, 0.4) is 0 Å². The molecule has 2 fully saturated rings. The van der Waals surface area contributed by atoms with Gasteiger partial charge in [-0.15, -0.1) is 0 Å². The zero-order valence-corrected chi connectivity index (χ0v) is 13.6. The van der Waals surface area contributed by atoms with Crippen molar-refractivity contribution in [3.8, 4) is 0 Å². The predicted octanol–water partition coefficient (Wildman–Crippen LogP) is 2.90. The van der Waals surface area contributed by atoms with Crippen LogP contribution in [0.2, 0.25) is 5.02 Å². The highest BCUT2D eigenvalue weighted by Crippen LogP contribution is 2.32. The van der Waals surface area contributed by atoms with E-state index in [1.54, 1.807) is 0 Å². The quantitative estimate of drug-likeness (QED) is 0.908. The number of hydrogen-bond acceptors (Lipinski definition) is 3. The van der Waals surface area contributed by atoms with Crippen LogP contribution < -0.4 is 10.6 Å². The molecule has 3 nitrogen and oxygen atoms in total. The van der Waals surface area contributed by atoms with Crippen LogP contribution in [-0.4, -0.2) is 43.2 Å². The molecule has 1 atom stereocenters. The van der Waals surface area contributed by atoms with Crippen LogP contribution >= 0.6 is 11.6 Å². The van der Waals surface area contributed by atoms with Crippen LogP contribution in [-0.2, 0) is 6.42 Å². The lowest BCUT2D eigenvalue weighted by Crippen LogP contribution is -2.47. The third kappa shape index (κ3) is 3.53. The first-order valence-electron chi connectivity index (χ1n) is 8.21. The highest BCUT2D eigenvalue weighted by molar-refractivity contribution is 6.31. The predicted molar refractivity (Wildman–Crippen MR) is 90.2 cm³/mol. The van der Waals surface area contributed by atoms with Crippen molar-refractivity contribution >= 4 is 17.3 Å². The van der Waals surface area contributed by atoms with Gasteiger partial charge in [0.2, 0.25) is 0 Å². The monoisotopic (exact) mass is 307 g/mol. The van der Waals surface area contributed by atoms with E-state index in [2.05, 4.69) is 28.9 Å². The number of benzene rings is 1. The van der Waals surface area contributed by atoms with E-state index in [0.717, 1.165) is 37.0 Å². The minimum atomic E-state index is 0.191. The molecule has 0 spiro atoms. The Morgan fingerprint density at radius 3 is 2.57 bits per heavy atom. The molecule has 1 aromatic carbocycles. The largest absolute Gasteiger partial charge is 0.369 e. The molecule has 1 saturated carbocycles. The van der Waals surface area contributed by atoms with E-state index in [1.807, 2.05) is 6.07 Å². The van der Waals surface area contributed by atoms with Crippen LogP contribution in [0.25, 0.3) is 0 Å². The van der Waals surface area contributed by atoms with Gasteiger partial charge in [-0.2, -0.15) is 0 Å². The number of nitrogens with two attached hydrogens (primary N) is 1. The van der Waals surface area contributed by atoms with E-state index in [0.29, 0.717) is 0 Å². The van der Waals surface area contributed by atoms with Crippen molar-refractivity contribution in [1.29, 1.82) is 0 Å². The summed E-state index contributed by atoms with van der Waals surface area (Å²) >= 11 is 6.45. The third-order valence-corrected chi connectivity index (χ3v) is 5.16. The lowest BCUT2D eigenvalue weighted by molar-refractivity contribution is 0.248. The molecule has 0 aromatic heterocycles. The summed E-state index contributed by atoms with van der Waals surface area (Å²) in [4.78, 5) is 5.13. The first kappa shape index (κ1) is 15.1. The normalized spacial score (nSPS) is 21.6. The van der Waals surface area contributed by atoms with Crippen molar-refractivity contribution < 1.29 is 0 Å². The molecule has 21 heavy (non-hydrogen) atoms. The average molecular weight is 308 g/mol. The van der Waals surface area contributed by atoms with Gasteiger partial charge in [0.1, 0.15) is 0 Å². The van der Waals surface area contributed by atoms with E-state index < -0.39 is 0 Å². The average Bonchev–Trinajstić information content (AvgIpc) is 3.34. The summed E-state index contributed by atoms with van der Waals surface area (Å²) in [6.45, 7) is 6.69. The maximum absolute atomic E-state index is 6.45. The van der Waals surface area contributed by atoms with Crippen molar-refractivity contribution in [3.63, 3.8) is 0 Å². The number of piperazine rings is 1. The molecule has 4 heteroatoms. The maximum Gasteiger partial charge on any atom is 0.0459 e. The molecule has 116 valence electrons. The summed E-state index contributed by atoms with van der Waals surface area (Å²) in [6, 6.07) is 7.32. The Morgan fingerprint density at radius 1 is 1.24 bits per heavy atom. The molecule has 1 unspecified atom stereocenters. The van der Waals surface area contributed by atoms with Gasteiger partial charge >= 0.3 is 0 Å². The van der Waals surface area contributed by atoms with Crippen molar-refractivity contribution in [3.05, 3.63) is 28.8 Å². The zero-order chi connectivity index (χ0) is 14.8. The Hall–Kier alpha value is -0.770. The lowest BCUT2D eigenvalue weighted by Gasteiger charge is -2.37. The molecule has 3 rings (SSSR count). The molecule has 1 aliphatic heterocycles. The summed E-state index contributed by atoms with van der Waals surface area (Å²) in [5.74, 6) is 0. The number of halogens is 1. The van der Waals surface area contributed by atoms with Gasteiger partial charge in [-0.25, -0.2) is 0 Å². The van der Waals surface area contributed by atoms with E-state index in [4.69, 9.17) is 17.3 Å². The van der Waals surface area contributed by atoms with Crippen LogP contribution in [0.1, 0.15) is 31.7 Å². The van der Waals surface area contributed by atoms with Gasteiger partial charge in [0.05, 0.1) is 0 Å². The Morgan fingerprint density at radius 2 is 1.95 bits per heavy atom. The van der Waals surface area contributed by atoms with Gasteiger partial charge in [0.25, 0.3) is 0 Å². The topological polar surface area (TPSA) is 32.5 Å². The second-order valence-corrected chi connectivity index (χ2v) is 6.77. The molecule has 1 saturated heterocycles. The van der Waals surface area contributed by atoms with Gasteiger partial charge in [-0.05, 0) is 43.4 Å². The number of hydrogen-bond donors (Lipinski definition) is 1. The van der Waals surface area contributed by atoms with E-state index in [1.165, 1.54) is 37.2 Å². The van der Waals surface area contributed by atoms with Crippen molar-refractivity contribution in [2.75, 3.05) is 31.1 Å². The van der Waals surface area contributed by atoms with Crippen LogP contribution in [0.4, 0.5) is 5.69 Å². The highest BCUT2D eigenvalue weighted by atomic mass is 35.5. The SMILES string of the molecule is CCC(N)Cc1c(Cl)cccc1N1CCN(C2CC2)CC1. The van der Waals surface area contributed by atoms with E-state index in [-0.39, 0.29) is 6.04 Å². The van der Waals surface area contributed by atoms with Crippen LogP contribution in [0.5, 0.6) is 0 Å². The molecule has 0 amide bonds. The lowest BCUT2D eigenvalue weighted by atomic mass is 10.0. The zero-order valence-electron chi connectivity index (χ0n) is 12.9. The van der Waals surface area contributed by atoms with Crippen molar-refractivity contribution in [1.82, 2.24) is 4.90 Å². The molecule has 2 N–H and O–H groups in total. The molecule has 2 aliphatic rings. The molecular formula is C17H26ClN3. The molecular weight excluding hydrogens is 282 g/mol. The van der Waals surface area contributed by atoms with Gasteiger partial charge in [0.15, 0.2) is 0 Å². The van der Waals surface area contributed by atoms with Gasteiger partial charge < -0.3 is 10.6 Å². The summed E-state index contributed by atoms with van der Waals surface area (Å²) in [6.07, 6.45) is 4.65. The second kappa shape index (κ2) is 6.55. The molecule has 1 heterocycles. The first-order chi connectivity index (χ1) is 10.2. The summed E-state index contributed by atoms with van der Waals surface area (Å²) < 4.78 is 0. The molecule has 1 aromatic rings. The highest BCUT2D eigenvalue weighted by Gasteiger charge is 2.31. The Labute approximate surface area is 133 Å². The van der Waals surface area contributed by atoms with E-state index in [9.17, 15) is 0 Å². The van der Waals surface area contributed by atoms with Gasteiger partial charge in [0, 0.05) is 49.0 Å². The summed E-state index contributed by atoms with van der Waals surface area (Å²) in [5, 5.41) is 0.862. The standard InChI is InChI=1S/C17H26ClN3/c1-2-13(19)12-15-16(18)4-3-5-17(15)21-10-8-20(9-11-21)14-6-7-14/h3-5,13-14H,2,6-12,19H2,1H3. The fraction of sp³-hybridized carbons (Fsp3) is 0.647. The number of anilines is 1. The Balaban J connectivity index is 1.73. The Bertz CT molecular complexity index is 479. The van der Waals surface area contributed by atoms with Crippen molar-refractivity contribution in [2.45, 2.75) is 44.7 Å². The smallest absolute Gasteiger partial charge is 0.0459 e. The van der Waals surface area contributed by atoms with Gasteiger partial charge in [-0.1, -0.05) is 24.6 Å². The fourth-order valence-electron chi connectivity index (χ4n) is 3.22. The summed E-state index contributed by atoms with van der Waals surface area (Å²) in [7, 11) is 0. The van der Waals surface area contributed by atoms with Gasteiger partial charge in [-0.3, -0.25) is 4.90 Å². The third-order valence-electron chi connectivity index (χ3n) is 4.80. The minimum Gasteiger partial charge on any atom is -0.369 e. The first-order valence-corrected chi connectivity index (χ1v) is 8.58. The number of nitrogens with zero attached hydrogens (tertiary/aromatic N) is 2. The number of rotatable bonds is 5. The van der Waals surface area contributed by atoms with Crippen LogP contribution in [0.15, 0.2) is 18.2 Å². The minimum absolute atomic E-state index is 0.191. The van der Waals surface area contributed by atoms with Crippen LogP contribution in [0, 0.1) is 0 Å². The summed E-state index contributed by atoms with van der Waals surface area (Å²) in [5.41, 5.74) is 8.68. The van der Waals surface area contributed by atoms with Crippen molar-refractivity contribution in [2.24, 2.45) is 5.73 Å². The fourth-order valence-corrected chi connectivity index (χ4v) is 3.47. The maximum atomic E-state index is 6.45.